The Labute approximate surface area is 114 Å². The van der Waals surface area contributed by atoms with Crippen LogP contribution in [0.1, 0.15) is 18.2 Å². The fourth-order valence-corrected chi connectivity index (χ4v) is 1.76. The molecule has 2 aromatic rings. The van der Waals surface area contributed by atoms with E-state index in [-0.39, 0.29) is 5.95 Å². The Balaban J connectivity index is 2.23. The van der Waals surface area contributed by atoms with Crippen LogP contribution in [0.3, 0.4) is 0 Å². The van der Waals surface area contributed by atoms with Gasteiger partial charge in [0, 0.05) is 38.1 Å². The summed E-state index contributed by atoms with van der Waals surface area (Å²) < 4.78 is 39.6. The highest BCUT2D eigenvalue weighted by molar-refractivity contribution is 5.32. The van der Waals surface area contributed by atoms with Crippen molar-refractivity contribution in [2.24, 2.45) is 7.05 Å². The van der Waals surface area contributed by atoms with Crippen molar-refractivity contribution >= 4 is 5.95 Å². The van der Waals surface area contributed by atoms with Crippen molar-refractivity contribution in [2.75, 3.05) is 11.4 Å². The van der Waals surface area contributed by atoms with Gasteiger partial charge in [0.15, 0.2) is 0 Å². The standard InChI is InChI=1S/C12H14F3N5/c1-3-20(8-9-6-17-19(2)7-9)11-16-5-4-10(18-11)12(13,14)15/h4-7H,3,8H2,1-2H3. The van der Waals surface area contributed by atoms with Gasteiger partial charge in [-0.15, -0.1) is 0 Å². The Hall–Kier alpha value is -2.12. The van der Waals surface area contributed by atoms with Crippen LogP contribution >= 0.6 is 0 Å². The molecule has 0 bridgehead atoms. The van der Waals surface area contributed by atoms with Crippen LogP contribution < -0.4 is 4.90 Å². The van der Waals surface area contributed by atoms with E-state index in [4.69, 9.17) is 0 Å². The van der Waals surface area contributed by atoms with Gasteiger partial charge in [0.25, 0.3) is 0 Å². The number of anilines is 1. The summed E-state index contributed by atoms with van der Waals surface area (Å²) in [6.45, 7) is 2.74. The molecule has 0 aliphatic carbocycles. The Morgan fingerprint density at radius 3 is 2.65 bits per heavy atom. The second-order valence-corrected chi connectivity index (χ2v) is 4.28. The largest absolute Gasteiger partial charge is 0.433 e. The summed E-state index contributed by atoms with van der Waals surface area (Å²) in [4.78, 5) is 9.15. The quantitative estimate of drug-likeness (QED) is 0.864. The van der Waals surface area contributed by atoms with Crippen molar-refractivity contribution < 1.29 is 13.2 Å². The van der Waals surface area contributed by atoms with Crippen molar-refractivity contribution in [3.63, 3.8) is 0 Å². The monoisotopic (exact) mass is 285 g/mol. The summed E-state index contributed by atoms with van der Waals surface area (Å²) in [6.07, 6.45) is 0.120. The third-order valence-corrected chi connectivity index (χ3v) is 2.73. The molecule has 0 saturated carbocycles. The minimum atomic E-state index is -4.47. The Kier molecular flexibility index (Phi) is 3.91. The lowest BCUT2D eigenvalue weighted by atomic mass is 10.3. The number of nitrogens with zero attached hydrogens (tertiary/aromatic N) is 5. The van der Waals surface area contributed by atoms with Gasteiger partial charge < -0.3 is 4.90 Å². The van der Waals surface area contributed by atoms with Gasteiger partial charge >= 0.3 is 6.18 Å². The number of hydrogen-bond donors (Lipinski definition) is 0. The summed E-state index contributed by atoms with van der Waals surface area (Å²) in [7, 11) is 1.78. The van der Waals surface area contributed by atoms with Gasteiger partial charge in [0.1, 0.15) is 5.69 Å². The van der Waals surface area contributed by atoms with Crippen molar-refractivity contribution in [3.8, 4) is 0 Å². The molecule has 0 fully saturated rings. The van der Waals surface area contributed by atoms with Crippen LogP contribution in [0.25, 0.3) is 0 Å². The summed E-state index contributed by atoms with van der Waals surface area (Å²) in [5.41, 5.74) is -0.0532. The number of aromatic nitrogens is 4. The van der Waals surface area contributed by atoms with Gasteiger partial charge in [0.05, 0.1) is 6.20 Å². The minimum Gasteiger partial charge on any atom is -0.337 e. The molecule has 0 saturated heterocycles. The maximum Gasteiger partial charge on any atom is 0.433 e. The molecule has 5 nitrogen and oxygen atoms in total. The summed E-state index contributed by atoms with van der Waals surface area (Å²) in [6, 6.07) is 0.863. The second kappa shape index (κ2) is 5.48. The summed E-state index contributed by atoms with van der Waals surface area (Å²) >= 11 is 0. The highest BCUT2D eigenvalue weighted by Crippen LogP contribution is 2.28. The average molecular weight is 285 g/mol. The first-order valence-corrected chi connectivity index (χ1v) is 6.03. The van der Waals surface area contributed by atoms with E-state index in [1.165, 1.54) is 0 Å². The molecule has 0 aliphatic rings. The van der Waals surface area contributed by atoms with Gasteiger partial charge in [-0.05, 0) is 13.0 Å². The SMILES string of the molecule is CCN(Cc1cnn(C)c1)c1nccc(C(F)(F)F)n1. The van der Waals surface area contributed by atoms with E-state index >= 15 is 0 Å². The van der Waals surface area contributed by atoms with Crippen LogP contribution in [0.5, 0.6) is 0 Å². The predicted molar refractivity (Wildman–Crippen MR) is 67.0 cm³/mol. The molecule has 2 heterocycles. The molecule has 0 unspecified atom stereocenters. The normalized spacial score (nSPS) is 11.7. The molecule has 0 spiro atoms. The molecule has 0 aromatic carbocycles. The van der Waals surface area contributed by atoms with Crippen molar-refractivity contribution in [3.05, 3.63) is 35.9 Å². The Morgan fingerprint density at radius 1 is 1.35 bits per heavy atom. The zero-order chi connectivity index (χ0) is 14.8. The molecule has 0 N–H and O–H groups in total. The molecule has 0 amide bonds. The summed E-state index contributed by atoms with van der Waals surface area (Å²) in [5, 5.41) is 4.02. The second-order valence-electron chi connectivity index (χ2n) is 4.28. The van der Waals surface area contributed by atoms with Crippen LogP contribution in [-0.2, 0) is 19.8 Å². The zero-order valence-electron chi connectivity index (χ0n) is 11.1. The number of halogens is 3. The van der Waals surface area contributed by atoms with E-state index in [1.807, 2.05) is 6.92 Å². The number of alkyl halides is 3. The Morgan fingerprint density at radius 2 is 2.10 bits per heavy atom. The smallest absolute Gasteiger partial charge is 0.337 e. The van der Waals surface area contributed by atoms with Gasteiger partial charge in [0.2, 0.25) is 5.95 Å². The fourth-order valence-electron chi connectivity index (χ4n) is 1.76. The lowest BCUT2D eigenvalue weighted by Gasteiger charge is -2.20. The third kappa shape index (κ3) is 3.25. The van der Waals surface area contributed by atoms with Crippen LogP contribution in [0.4, 0.5) is 19.1 Å². The molecule has 0 atom stereocenters. The number of rotatable bonds is 4. The van der Waals surface area contributed by atoms with Crippen molar-refractivity contribution in [1.29, 1.82) is 0 Å². The Bertz CT molecular complexity index is 578. The highest BCUT2D eigenvalue weighted by atomic mass is 19.4. The predicted octanol–water partition coefficient (Wildman–Crippen LogP) is 2.26. The lowest BCUT2D eigenvalue weighted by Crippen LogP contribution is -2.25. The molecular formula is C12H14F3N5. The first-order valence-electron chi connectivity index (χ1n) is 6.03. The van der Waals surface area contributed by atoms with E-state index in [2.05, 4.69) is 15.1 Å². The molecule has 2 rings (SSSR count). The molecule has 2 aromatic heterocycles. The van der Waals surface area contributed by atoms with Crippen LogP contribution in [0.2, 0.25) is 0 Å². The molecular weight excluding hydrogens is 271 g/mol. The topological polar surface area (TPSA) is 46.8 Å². The van der Waals surface area contributed by atoms with Crippen molar-refractivity contribution in [1.82, 2.24) is 19.7 Å². The van der Waals surface area contributed by atoms with E-state index in [0.29, 0.717) is 13.1 Å². The number of aryl methyl sites for hydroxylation is 1. The van der Waals surface area contributed by atoms with Crippen LogP contribution in [-0.4, -0.2) is 26.3 Å². The summed E-state index contributed by atoms with van der Waals surface area (Å²) in [5.74, 6) is 0.0613. The maximum absolute atomic E-state index is 12.6. The fraction of sp³-hybridized carbons (Fsp3) is 0.417. The first-order chi connectivity index (χ1) is 9.40. The molecule has 20 heavy (non-hydrogen) atoms. The molecule has 0 radical (unpaired) electrons. The van der Waals surface area contributed by atoms with Gasteiger partial charge in [-0.25, -0.2) is 9.97 Å². The average Bonchev–Trinajstić information content (AvgIpc) is 2.81. The highest BCUT2D eigenvalue weighted by Gasteiger charge is 2.33. The van der Waals surface area contributed by atoms with E-state index in [1.54, 1.807) is 29.0 Å². The number of hydrogen-bond acceptors (Lipinski definition) is 4. The van der Waals surface area contributed by atoms with Gasteiger partial charge in [-0.3, -0.25) is 4.68 Å². The minimum absolute atomic E-state index is 0.0613. The van der Waals surface area contributed by atoms with E-state index in [9.17, 15) is 13.2 Å². The zero-order valence-corrected chi connectivity index (χ0v) is 11.1. The van der Waals surface area contributed by atoms with Gasteiger partial charge in [-0.2, -0.15) is 18.3 Å². The third-order valence-electron chi connectivity index (χ3n) is 2.73. The lowest BCUT2D eigenvalue weighted by molar-refractivity contribution is -0.141. The van der Waals surface area contributed by atoms with E-state index in [0.717, 1.165) is 17.8 Å². The van der Waals surface area contributed by atoms with E-state index < -0.39 is 11.9 Å². The molecule has 0 aliphatic heterocycles. The van der Waals surface area contributed by atoms with Crippen molar-refractivity contribution in [2.45, 2.75) is 19.6 Å². The van der Waals surface area contributed by atoms with Crippen LogP contribution in [0, 0.1) is 0 Å². The molecule has 8 heteroatoms. The molecule has 108 valence electrons. The maximum atomic E-state index is 12.6. The van der Waals surface area contributed by atoms with Crippen LogP contribution in [0.15, 0.2) is 24.7 Å². The van der Waals surface area contributed by atoms with Gasteiger partial charge in [-0.1, -0.05) is 0 Å². The first kappa shape index (κ1) is 14.3.